The fourth-order valence-electron chi connectivity index (χ4n) is 1.31. The number of aliphatic hydroxyl groups excluding tert-OH is 1. The molecule has 112 valence electrons. The Hall–Kier alpha value is -2.42. The van der Waals surface area contributed by atoms with Gasteiger partial charge in [0, 0.05) is 31.7 Å². The van der Waals surface area contributed by atoms with Crippen molar-refractivity contribution in [3.05, 3.63) is 12.1 Å². The van der Waals surface area contributed by atoms with Crippen LogP contribution < -0.4 is 10.2 Å². The highest BCUT2D eigenvalue weighted by atomic mass is 16.7. The van der Waals surface area contributed by atoms with E-state index in [4.69, 9.17) is 14.7 Å². The number of carbonyl (C=O) groups is 2. The quantitative estimate of drug-likeness (QED) is 0.539. The van der Waals surface area contributed by atoms with Gasteiger partial charge in [0.2, 0.25) is 11.8 Å². The van der Waals surface area contributed by atoms with E-state index in [0.717, 1.165) is 12.1 Å². The third kappa shape index (κ3) is 4.35. The van der Waals surface area contributed by atoms with Gasteiger partial charge in [-0.15, -0.1) is 4.73 Å². The second kappa shape index (κ2) is 7.24. The molecule has 0 spiro atoms. The zero-order valence-corrected chi connectivity index (χ0v) is 10.8. The number of hydrogen-bond donors (Lipinski definition) is 4. The number of rotatable bonds is 6. The lowest BCUT2D eigenvalue weighted by Crippen LogP contribution is -2.28. The summed E-state index contributed by atoms with van der Waals surface area (Å²) in [5, 5.41) is 29.8. The van der Waals surface area contributed by atoms with Crippen molar-refractivity contribution in [1.29, 1.82) is 0 Å². The monoisotopic (exact) mass is 288 g/mol. The van der Waals surface area contributed by atoms with Crippen LogP contribution in [0.3, 0.4) is 0 Å². The molecule has 1 amide bonds. The molecule has 0 saturated carbocycles. The Morgan fingerprint density at radius 3 is 2.45 bits per heavy atom. The minimum atomic E-state index is -0.814. The van der Waals surface area contributed by atoms with Crippen molar-refractivity contribution in [3.63, 3.8) is 0 Å². The minimum absolute atomic E-state index is 0.172. The maximum Gasteiger partial charge on any atom is 0.406 e. The Kier molecular flexibility index (Phi) is 5.66. The number of amides is 1. The molecule has 1 aromatic rings. The summed E-state index contributed by atoms with van der Waals surface area (Å²) in [4.78, 5) is 27.1. The summed E-state index contributed by atoms with van der Waals surface area (Å²) in [6, 6.07) is 2.28. The molecule has 0 bridgehead atoms. The highest BCUT2D eigenvalue weighted by Crippen LogP contribution is 2.19. The van der Waals surface area contributed by atoms with Crippen molar-refractivity contribution >= 4 is 12.1 Å². The van der Waals surface area contributed by atoms with Gasteiger partial charge in [-0.3, -0.25) is 0 Å². The van der Waals surface area contributed by atoms with Gasteiger partial charge in [-0.2, -0.15) is 0 Å². The third-order valence-electron chi connectivity index (χ3n) is 2.36. The smallest absolute Gasteiger partial charge is 0.406 e. The topological polar surface area (TPSA) is 130 Å². The molecule has 0 radical (unpaired) electrons. The van der Waals surface area contributed by atoms with Crippen molar-refractivity contribution in [3.8, 4) is 11.8 Å². The maximum absolute atomic E-state index is 11.6. The van der Waals surface area contributed by atoms with Crippen molar-refractivity contribution < 1.29 is 34.5 Å². The van der Waals surface area contributed by atoms with Gasteiger partial charge < -0.3 is 30.2 Å². The van der Waals surface area contributed by atoms with Crippen molar-refractivity contribution in [2.24, 2.45) is 5.92 Å². The predicted octanol–water partition coefficient (Wildman–Crippen LogP) is -0.791. The number of nitrogens with zero attached hydrogens (tertiary/aromatic N) is 1. The average molecular weight is 288 g/mol. The Morgan fingerprint density at radius 1 is 1.35 bits per heavy atom. The van der Waals surface area contributed by atoms with Crippen molar-refractivity contribution in [2.75, 3.05) is 20.3 Å². The van der Waals surface area contributed by atoms with Gasteiger partial charge >= 0.3 is 12.1 Å². The van der Waals surface area contributed by atoms with Gasteiger partial charge in [-0.1, -0.05) is 0 Å². The Labute approximate surface area is 114 Å². The van der Waals surface area contributed by atoms with Crippen LogP contribution in [0.2, 0.25) is 0 Å². The second-order valence-corrected chi connectivity index (χ2v) is 3.91. The summed E-state index contributed by atoms with van der Waals surface area (Å²) in [6.07, 6.45) is -0.942. The van der Waals surface area contributed by atoms with Gasteiger partial charge in [-0.25, -0.2) is 9.59 Å². The number of aliphatic hydroxyl groups is 1. The normalized spacial score (nSPS) is 11.7. The van der Waals surface area contributed by atoms with E-state index in [9.17, 15) is 19.8 Å². The van der Waals surface area contributed by atoms with Crippen LogP contribution in [0.5, 0.6) is 11.8 Å². The first-order valence-electron chi connectivity index (χ1n) is 5.74. The second-order valence-electron chi connectivity index (χ2n) is 3.91. The fourth-order valence-corrected chi connectivity index (χ4v) is 1.31. The summed E-state index contributed by atoms with van der Waals surface area (Å²) in [5.74, 6) is -2.36. The molecule has 0 fully saturated rings. The molecule has 1 unspecified atom stereocenters. The molecule has 0 saturated heterocycles. The molecule has 0 aliphatic rings. The highest BCUT2D eigenvalue weighted by molar-refractivity contribution is 5.70. The Balaban J connectivity index is 2.49. The standard InChI is InChI=1S/C11H16N2O7/c1-12-11(18)19-6-7(5-14)4-10(17)20-13-8(15)2-3-9(13)16/h2-3,7,14-16H,4-6H2,1H3,(H,12,18). The zero-order valence-electron chi connectivity index (χ0n) is 10.8. The lowest BCUT2D eigenvalue weighted by atomic mass is 10.1. The fraction of sp³-hybridized carbons (Fsp3) is 0.455. The van der Waals surface area contributed by atoms with Gasteiger partial charge in [0.15, 0.2) is 0 Å². The Morgan fingerprint density at radius 2 is 1.95 bits per heavy atom. The van der Waals surface area contributed by atoms with Crippen LogP contribution in [0.25, 0.3) is 0 Å². The number of ether oxygens (including phenoxy) is 1. The average Bonchev–Trinajstić information content (AvgIpc) is 2.74. The van der Waals surface area contributed by atoms with E-state index in [1.54, 1.807) is 0 Å². The van der Waals surface area contributed by atoms with Crippen LogP contribution in [0.15, 0.2) is 12.1 Å². The maximum atomic E-state index is 11.6. The van der Waals surface area contributed by atoms with Crippen LogP contribution in [0.4, 0.5) is 4.79 Å². The Bertz CT molecular complexity index is 452. The van der Waals surface area contributed by atoms with E-state index < -0.39 is 36.3 Å². The molecular weight excluding hydrogens is 272 g/mol. The van der Waals surface area contributed by atoms with Gasteiger partial charge in [0.05, 0.1) is 13.0 Å². The number of carbonyl (C=O) groups excluding carboxylic acids is 2. The number of aromatic nitrogens is 1. The van der Waals surface area contributed by atoms with Crippen LogP contribution in [0.1, 0.15) is 6.42 Å². The van der Waals surface area contributed by atoms with Gasteiger partial charge in [-0.05, 0) is 0 Å². The zero-order chi connectivity index (χ0) is 15.1. The van der Waals surface area contributed by atoms with E-state index in [0.29, 0.717) is 4.73 Å². The number of alkyl carbamates (subject to hydrolysis) is 1. The number of aromatic hydroxyl groups is 2. The van der Waals surface area contributed by atoms with Crippen molar-refractivity contribution in [1.82, 2.24) is 10.0 Å². The summed E-state index contributed by atoms with van der Waals surface area (Å²) in [6.45, 7) is -0.565. The molecule has 1 rings (SSSR count). The van der Waals surface area contributed by atoms with Gasteiger partial charge in [0.1, 0.15) is 0 Å². The predicted molar refractivity (Wildman–Crippen MR) is 64.9 cm³/mol. The van der Waals surface area contributed by atoms with Crippen LogP contribution >= 0.6 is 0 Å². The first-order valence-corrected chi connectivity index (χ1v) is 5.74. The largest absolute Gasteiger partial charge is 0.492 e. The molecule has 9 nitrogen and oxygen atoms in total. The summed E-state index contributed by atoms with van der Waals surface area (Å²) < 4.78 is 5.24. The number of nitrogens with one attached hydrogen (secondary N) is 1. The molecule has 0 aliphatic heterocycles. The van der Waals surface area contributed by atoms with Gasteiger partial charge in [0.25, 0.3) is 0 Å². The molecule has 1 aromatic heterocycles. The molecule has 4 N–H and O–H groups in total. The van der Waals surface area contributed by atoms with E-state index in [1.807, 2.05) is 0 Å². The number of hydrogen-bond acceptors (Lipinski definition) is 7. The lowest BCUT2D eigenvalue weighted by Gasteiger charge is -2.14. The molecule has 1 atom stereocenters. The first kappa shape index (κ1) is 15.6. The molecular formula is C11H16N2O7. The molecule has 0 aromatic carbocycles. The van der Waals surface area contributed by atoms with E-state index in [-0.39, 0.29) is 13.0 Å². The first-order chi connectivity index (χ1) is 9.47. The summed E-state index contributed by atoms with van der Waals surface area (Å²) in [5.41, 5.74) is 0. The minimum Gasteiger partial charge on any atom is -0.492 e. The van der Waals surface area contributed by atoms with Crippen LogP contribution in [0, 0.1) is 5.92 Å². The van der Waals surface area contributed by atoms with Crippen molar-refractivity contribution in [2.45, 2.75) is 6.42 Å². The highest BCUT2D eigenvalue weighted by Gasteiger charge is 2.19. The van der Waals surface area contributed by atoms with E-state index >= 15 is 0 Å². The summed E-state index contributed by atoms with van der Waals surface area (Å²) in [7, 11) is 1.38. The lowest BCUT2D eigenvalue weighted by molar-refractivity contribution is -0.147. The summed E-state index contributed by atoms with van der Waals surface area (Å²) >= 11 is 0. The van der Waals surface area contributed by atoms with Crippen LogP contribution in [-0.2, 0) is 9.53 Å². The van der Waals surface area contributed by atoms with E-state index in [1.165, 1.54) is 7.05 Å². The molecule has 20 heavy (non-hydrogen) atoms. The SMILES string of the molecule is CNC(=O)OCC(CO)CC(=O)On1c(O)ccc1O. The molecule has 9 heteroatoms. The molecule has 1 heterocycles. The van der Waals surface area contributed by atoms with Crippen LogP contribution in [-0.4, -0.2) is 52.4 Å². The molecule has 0 aliphatic carbocycles. The third-order valence-corrected chi connectivity index (χ3v) is 2.36. The van der Waals surface area contributed by atoms with E-state index in [2.05, 4.69) is 5.32 Å².